The van der Waals surface area contributed by atoms with Gasteiger partial charge in [0.2, 0.25) is 17.1 Å². The summed E-state index contributed by atoms with van der Waals surface area (Å²) in [6, 6.07) is 12.4. The van der Waals surface area contributed by atoms with Gasteiger partial charge in [0, 0.05) is 0 Å². The molecule has 0 heterocycles. The van der Waals surface area contributed by atoms with Crippen LogP contribution < -0.4 is 11.5 Å². The lowest BCUT2D eigenvalue weighted by Crippen LogP contribution is -2.47. The summed E-state index contributed by atoms with van der Waals surface area (Å²) in [4.78, 5) is 22.7. The lowest BCUT2D eigenvalue weighted by molar-refractivity contribution is -0.125. The molecular formula is C16H16N2O4S. The molecule has 0 radical (unpaired) electrons. The minimum Gasteiger partial charge on any atom is -0.368 e. The minimum atomic E-state index is -4.30. The van der Waals surface area contributed by atoms with E-state index in [-0.39, 0.29) is 0 Å². The highest BCUT2D eigenvalue weighted by atomic mass is 32.2. The smallest absolute Gasteiger partial charge is 0.245 e. The van der Waals surface area contributed by atoms with Crippen molar-refractivity contribution in [1.82, 2.24) is 0 Å². The molecule has 1 atom stereocenters. The van der Waals surface area contributed by atoms with E-state index in [1.807, 2.05) is 24.3 Å². The van der Waals surface area contributed by atoms with E-state index in [0.29, 0.717) is 5.56 Å². The number of rotatable bonds is 6. The largest absolute Gasteiger partial charge is 0.368 e. The fraction of sp³-hybridized carbons (Fsp3) is 0.125. The Morgan fingerprint density at radius 2 is 1.57 bits per heavy atom. The quantitative estimate of drug-likeness (QED) is 0.601. The summed E-state index contributed by atoms with van der Waals surface area (Å²) in [5, 5.41) is -1.62. The van der Waals surface area contributed by atoms with E-state index in [1.165, 1.54) is 0 Å². The number of carbonyl (C=O) groups is 2. The summed E-state index contributed by atoms with van der Waals surface area (Å²) < 4.78 is 25.2. The summed E-state index contributed by atoms with van der Waals surface area (Å²) >= 11 is 0. The second-order valence-electron chi connectivity index (χ2n) is 5.04. The zero-order valence-corrected chi connectivity index (χ0v) is 13.0. The lowest BCUT2D eigenvalue weighted by Gasteiger charge is -2.19. The number of primary amides is 2. The maximum absolute atomic E-state index is 12.6. The van der Waals surface area contributed by atoms with Crippen molar-refractivity contribution in [2.45, 2.75) is 10.5 Å². The van der Waals surface area contributed by atoms with Gasteiger partial charge in [0.15, 0.2) is 9.84 Å². The number of carbonyl (C=O) groups excluding carboxylic acids is 2. The minimum absolute atomic E-state index is 0.381. The molecule has 120 valence electrons. The summed E-state index contributed by atoms with van der Waals surface area (Å²) in [5.41, 5.74) is 10.4. The van der Waals surface area contributed by atoms with Crippen LogP contribution in [-0.4, -0.2) is 25.5 Å². The van der Waals surface area contributed by atoms with Crippen molar-refractivity contribution in [3.05, 3.63) is 60.7 Å². The van der Waals surface area contributed by atoms with Crippen LogP contribution in [0.2, 0.25) is 0 Å². The van der Waals surface area contributed by atoms with E-state index in [9.17, 15) is 18.0 Å². The van der Waals surface area contributed by atoms with Crippen molar-refractivity contribution in [3.8, 4) is 0 Å². The van der Waals surface area contributed by atoms with Crippen molar-refractivity contribution in [1.29, 1.82) is 0 Å². The van der Waals surface area contributed by atoms with Crippen LogP contribution in [0.25, 0.3) is 10.8 Å². The first-order valence-corrected chi connectivity index (χ1v) is 8.32. The summed E-state index contributed by atoms with van der Waals surface area (Å²) in [5.74, 6) is -2.60. The lowest BCUT2D eigenvalue weighted by atomic mass is 10.1. The molecule has 0 aromatic heterocycles. The van der Waals surface area contributed by atoms with Gasteiger partial charge in [-0.05, 0) is 22.4 Å². The number of sulfone groups is 1. The van der Waals surface area contributed by atoms with E-state index in [1.54, 1.807) is 18.2 Å². The predicted molar refractivity (Wildman–Crippen MR) is 88.0 cm³/mol. The fourth-order valence-corrected chi connectivity index (χ4v) is 4.19. The van der Waals surface area contributed by atoms with Crippen molar-refractivity contribution in [2.75, 3.05) is 0 Å². The molecule has 0 aliphatic heterocycles. The van der Waals surface area contributed by atoms with E-state index >= 15 is 0 Å². The molecule has 2 rings (SSSR count). The zero-order chi connectivity index (χ0) is 17.2. The third-order valence-electron chi connectivity index (χ3n) is 3.52. The highest BCUT2D eigenvalue weighted by molar-refractivity contribution is 7.94. The highest BCUT2D eigenvalue weighted by Gasteiger charge is 2.41. The van der Waals surface area contributed by atoms with Gasteiger partial charge in [-0.15, -0.1) is 6.58 Å². The Hall–Kier alpha value is -2.67. The molecule has 0 aliphatic carbocycles. The van der Waals surface area contributed by atoms with Gasteiger partial charge in [0.1, 0.15) is 5.25 Å². The van der Waals surface area contributed by atoms with Gasteiger partial charge in [0.05, 0.1) is 0 Å². The van der Waals surface area contributed by atoms with Crippen LogP contribution in [0.3, 0.4) is 0 Å². The van der Waals surface area contributed by atoms with E-state index in [0.717, 1.165) is 16.8 Å². The predicted octanol–water partition coefficient (Wildman–Crippen LogP) is 0.821. The van der Waals surface area contributed by atoms with Crippen LogP contribution in [0.15, 0.2) is 55.1 Å². The first-order valence-electron chi connectivity index (χ1n) is 6.71. The maximum Gasteiger partial charge on any atom is 0.245 e. The van der Waals surface area contributed by atoms with Crippen LogP contribution in [-0.2, 0) is 19.4 Å². The van der Waals surface area contributed by atoms with Crippen molar-refractivity contribution < 1.29 is 18.0 Å². The standard InChI is InChI=1S/C16H16N2O4S/c1-2-13(23(21,22)14(15(17)19)16(18)20)12-8-7-10-5-3-4-6-11(10)9-12/h2-9,13-14H,1H2,(H2,17,19)(H2,18,20). The second kappa shape index (κ2) is 6.21. The molecule has 0 saturated heterocycles. The van der Waals surface area contributed by atoms with E-state index in [4.69, 9.17) is 11.5 Å². The van der Waals surface area contributed by atoms with Crippen LogP contribution in [0.1, 0.15) is 10.8 Å². The van der Waals surface area contributed by atoms with Gasteiger partial charge in [-0.3, -0.25) is 9.59 Å². The number of nitrogens with two attached hydrogens (primary N) is 2. The average Bonchev–Trinajstić information content (AvgIpc) is 2.46. The van der Waals surface area contributed by atoms with Gasteiger partial charge < -0.3 is 11.5 Å². The number of benzene rings is 2. The van der Waals surface area contributed by atoms with Crippen molar-refractivity contribution >= 4 is 32.4 Å². The first kappa shape index (κ1) is 16.7. The molecule has 2 aromatic carbocycles. The number of amides is 2. The van der Waals surface area contributed by atoms with Gasteiger partial charge in [-0.1, -0.05) is 42.5 Å². The average molecular weight is 332 g/mol. The molecule has 7 heteroatoms. The molecule has 6 nitrogen and oxygen atoms in total. The van der Waals surface area contributed by atoms with E-state index < -0.39 is 32.2 Å². The summed E-state index contributed by atoms with van der Waals surface area (Å²) in [6.07, 6.45) is 1.15. The Morgan fingerprint density at radius 1 is 1.00 bits per heavy atom. The molecule has 4 N–H and O–H groups in total. The monoisotopic (exact) mass is 332 g/mol. The molecule has 0 bridgehead atoms. The van der Waals surface area contributed by atoms with Crippen LogP contribution >= 0.6 is 0 Å². The third-order valence-corrected chi connectivity index (χ3v) is 5.81. The molecule has 0 aliphatic rings. The summed E-state index contributed by atoms with van der Waals surface area (Å²) in [6.45, 7) is 3.50. The van der Waals surface area contributed by atoms with Gasteiger partial charge >= 0.3 is 0 Å². The Labute approximate surface area is 133 Å². The molecule has 0 fully saturated rings. The Bertz CT molecular complexity index is 876. The molecule has 2 amide bonds. The first-order chi connectivity index (χ1) is 10.8. The second-order valence-corrected chi connectivity index (χ2v) is 7.19. The number of fused-ring (bicyclic) bond motifs is 1. The van der Waals surface area contributed by atoms with Crippen LogP contribution in [0, 0.1) is 0 Å². The molecule has 23 heavy (non-hydrogen) atoms. The highest BCUT2D eigenvalue weighted by Crippen LogP contribution is 2.29. The molecule has 2 aromatic rings. The number of hydrogen-bond donors (Lipinski definition) is 2. The topological polar surface area (TPSA) is 120 Å². The van der Waals surface area contributed by atoms with Gasteiger partial charge in [-0.2, -0.15) is 0 Å². The Balaban J connectivity index is 2.58. The molecular weight excluding hydrogens is 316 g/mol. The molecule has 1 unspecified atom stereocenters. The summed E-state index contributed by atoms with van der Waals surface area (Å²) in [7, 11) is -4.30. The Morgan fingerprint density at radius 3 is 2.09 bits per heavy atom. The van der Waals surface area contributed by atoms with Gasteiger partial charge in [-0.25, -0.2) is 8.42 Å². The Kier molecular flexibility index (Phi) is 4.51. The van der Waals surface area contributed by atoms with Crippen LogP contribution in [0.5, 0.6) is 0 Å². The van der Waals surface area contributed by atoms with Crippen molar-refractivity contribution in [3.63, 3.8) is 0 Å². The SMILES string of the molecule is C=CC(c1ccc2ccccc2c1)S(=O)(=O)C(C(N)=O)C(N)=O. The van der Waals surface area contributed by atoms with Gasteiger partial charge in [0.25, 0.3) is 0 Å². The molecule has 0 saturated carbocycles. The van der Waals surface area contributed by atoms with E-state index in [2.05, 4.69) is 6.58 Å². The molecule has 0 spiro atoms. The third kappa shape index (κ3) is 3.09. The normalized spacial score (nSPS) is 12.9. The fourth-order valence-electron chi connectivity index (χ4n) is 2.46. The van der Waals surface area contributed by atoms with Crippen LogP contribution in [0.4, 0.5) is 0 Å². The zero-order valence-electron chi connectivity index (χ0n) is 12.2. The number of hydrogen-bond acceptors (Lipinski definition) is 4. The van der Waals surface area contributed by atoms with Crippen molar-refractivity contribution in [2.24, 2.45) is 11.5 Å². The maximum atomic E-state index is 12.6.